The van der Waals surface area contributed by atoms with Crippen molar-refractivity contribution in [1.29, 1.82) is 0 Å². The molecule has 18 heavy (non-hydrogen) atoms. The smallest absolute Gasteiger partial charge is 0.413 e. The molecular weight excluding hydrogens is 230 g/mol. The quantitative estimate of drug-likeness (QED) is 0.871. The van der Waals surface area contributed by atoms with E-state index in [4.69, 9.17) is 4.42 Å². The monoisotopic (exact) mass is 253 g/mol. The van der Waals surface area contributed by atoms with Gasteiger partial charge in [-0.05, 0) is 13.8 Å². The van der Waals surface area contributed by atoms with Crippen molar-refractivity contribution < 1.29 is 4.42 Å². The van der Waals surface area contributed by atoms with Gasteiger partial charge in [-0.3, -0.25) is 14.8 Å². The molecule has 5 nitrogen and oxygen atoms in total. The van der Waals surface area contributed by atoms with E-state index in [1.807, 2.05) is 6.92 Å². The maximum atomic E-state index is 11.2. The van der Waals surface area contributed by atoms with Gasteiger partial charge in [0.25, 0.3) is 0 Å². The maximum Gasteiger partial charge on any atom is 0.416 e. The average molecular weight is 253 g/mol. The number of aryl methyl sites for hydroxylation is 1. The molecule has 5 heteroatoms. The third-order valence-electron chi connectivity index (χ3n) is 3.65. The molecular formula is C13H23N3O2. The van der Waals surface area contributed by atoms with Crippen molar-refractivity contribution >= 4 is 0 Å². The number of aromatic nitrogens is 1. The van der Waals surface area contributed by atoms with Crippen LogP contribution in [0.15, 0.2) is 9.21 Å². The first-order valence-corrected chi connectivity index (χ1v) is 6.77. The molecule has 1 aliphatic heterocycles. The highest BCUT2D eigenvalue weighted by molar-refractivity contribution is 5.07. The molecule has 0 radical (unpaired) electrons. The highest BCUT2D eigenvalue weighted by atomic mass is 16.4. The van der Waals surface area contributed by atoms with Crippen LogP contribution >= 0.6 is 0 Å². The fraction of sp³-hybridized carbons (Fsp3) is 0.769. The van der Waals surface area contributed by atoms with Crippen LogP contribution in [-0.4, -0.2) is 47.0 Å². The van der Waals surface area contributed by atoms with Crippen LogP contribution in [0.1, 0.15) is 32.2 Å². The molecule has 0 unspecified atom stereocenters. The average Bonchev–Trinajstić information content (AvgIpc) is 2.70. The van der Waals surface area contributed by atoms with Gasteiger partial charge >= 0.3 is 5.76 Å². The molecule has 1 fully saturated rings. The molecule has 0 amide bonds. The molecule has 0 aliphatic carbocycles. The molecule has 1 aromatic heterocycles. The Kier molecular flexibility index (Phi) is 4.24. The topological polar surface area (TPSA) is 52.5 Å². The van der Waals surface area contributed by atoms with Crippen molar-refractivity contribution in [3.8, 4) is 0 Å². The summed E-state index contributed by atoms with van der Waals surface area (Å²) in [6, 6.07) is 0.618. The van der Waals surface area contributed by atoms with E-state index in [1.54, 1.807) is 0 Å². The van der Waals surface area contributed by atoms with Gasteiger partial charge < -0.3 is 4.42 Å². The van der Waals surface area contributed by atoms with Crippen LogP contribution in [0.25, 0.3) is 0 Å². The molecule has 2 rings (SSSR count). The third-order valence-corrected chi connectivity index (χ3v) is 3.65. The summed E-state index contributed by atoms with van der Waals surface area (Å²) >= 11 is 0. The SMILES string of the molecule is CCc1oc(=O)[nH]c1CN1CCN(C(C)C)CC1. The second kappa shape index (κ2) is 5.71. The van der Waals surface area contributed by atoms with Gasteiger partial charge in [0.2, 0.25) is 0 Å². The second-order valence-corrected chi connectivity index (χ2v) is 5.18. The molecule has 1 N–H and O–H groups in total. The molecule has 1 saturated heterocycles. The van der Waals surface area contributed by atoms with Gasteiger partial charge in [-0.1, -0.05) is 6.92 Å². The summed E-state index contributed by atoms with van der Waals surface area (Å²) < 4.78 is 5.12. The summed E-state index contributed by atoms with van der Waals surface area (Å²) in [5.74, 6) is 0.467. The second-order valence-electron chi connectivity index (χ2n) is 5.18. The van der Waals surface area contributed by atoms with Crippen LogP contribution in [0.5, 0.6) is 0 Å². The minimum Gasteiger partial charge on any atom is -0.413 e. The van der Waals surface area contributed by atoms with E-state index in [1.165, 1.54) is 0 Å². The van der Waals surface area contributed by atoms with E-state index in [2.05, 4.69) is 28.6 Å². The predicted octanol–water partition coefficient (Wildman–Crippen LogP) is 1.06. The fourth-order valence-corrected chi connectivity index (χ4v) is 2.47. The van der Waals surface area contributed by atoms with Crippen molar-refractivity contribution in [3.63, 3.8) is 0 Å². The van der Waals surface area contributed by atoms with Crippen molar-refractivity contribution in [3.05, 3.63) is 22.0 Å². The van der Waals surface area contributed by atoms with Crippen LogP contribution in [0.3, 0.4) is 0 Å². The minimum absolute atomic E-state index is 0.331. The minimum atomic E-state index is -0.331. The number of aromatic amines is 1. The van der Waals surface area contributed by atoms with E-state index in [9.17, 15) is 4.79 Å². The Morgan fingerprint density at radius 1 is 1.28 bits per heavy atom. The number of hydrogen-bond acceptors (Lipinski definition) is 4. The summed E-state index contributed by atoms with van der Waals surface area (Å²) in [4.78, 5) is 18.9. The van der Waals surface area contributed by atoms with Gasteiger partial charge in [0, 0.05) is 45.2 Å². The van der Waals surface area contributed by atoms with Crippen LogP contribution in [0, 0.1) is 0 Å². The van der Waals surface area contributed by atoms with E-state index in [-0.39, 0.29) is 5.76 Å². The van der Waals surface area contributed by atoms with Gasteiger partial charge in [0.15, 0.2) is 0 Å². The van der Waals surface area contributed by atoms with Crippen molar-refractivity contribution in [2.24, 2.45) is 0 Å². The standard InChI is InChI=1S/C13H23N3O2/c1-4-12-11(14-13(17)18-12)9-15-5-7-16(8-6-15)10(2)3/h10H,4-9H2,1-3H3,(H,14,17). The zero-order valence-electron chi connectivity index (χ0n) is 11.5. The number of oxazole rings is 1. The Bertz CT molecular complexity index is 428. The molecule has 1 aliphatic rings. The zero-order chi connectivity index (χ0) is 13.1. The number of hydrogen-bond donors (Lipinski definition) is 1. The lowest BCUT2D eigenvalue weighted by atomic mass is 10.2. The number of nitrogens with one attached hydrogen (secondary N) is 1. The van der Waals surface area contributed by atoms with E-state index >= 15 is 0 Å². The zero-order valence-corrected chi connectivity index (χ0v) is 11.5. The maximum absolute atomic E-state index is 11.2. The van der Waals surface area contributed by atoms with Crippen LogP contribution in [-0.2, 0) is 13.0 Å². The Hall–Kier alpha value is -1.07. The largest absolute Gasteiger partial charge is 0.416 e. The number of piperazine rings is 1. The fourth-order valence-electron chi connectivity index (χ4n) is 2.47. The summed E-state index contributed by atoms with van der Waals surface area (Å²) in [7, 11) is 0. The first-order chi connectivity index (χ1) is 8.60. The predicted molar refractivity (Wildman–Crippen MR) is 70.7 cm³/mol. The molecule has 2 heterocycles. The first-order valence-electron chi connectivity index (χ1n) is 6.77. The highest BCUT2D eigenvalue weighted by Crippen LogP contribution is 2.11. The Morgan fingerprint density at radius 2 is 1.94 bits per heavy atom. The summed E-state index contributed by atoms with van der Waals surface area (Å²) in [5.41, 5.74) is 0.945. The summed E-state index contributed by atoms with van der Waals surface area (Å²) in [5, 5.41) is 0. The lowest BCUT2D eigenvalue weighted by Gasteiger charge is -2.36. The molecule has 102 valence electrons. The first kappa shape index (κ1) is 13.4. The molecule has 0 bridgehead atoms. The summed E-state index contributed by atoms with van der Waals surface area (Å²) in [6.45, 7) is 11.6. The van der Waals surface area contributed by atoms with Crippen molar-refractivity contribution in [2.75, 3.05) is 26.2 Å². The third kappa shape index (κ3) is 3.03. The van der Waals surface area contributed by atoms with Gasteiger partial charge in [0.05, 0.1) is 5.69 Å². The lowest BCUT2D eigenvalue weighted by Crippen LogP contribution is -2.48. The van der Waals surface area contributed by atoms with E-state index in [0.717, 1.165) is 50.6 Å². The van der Waals surface area contributed by atoms with Gasteiger partial charge in [0.1, 0.15) is 5.76 Å². The summed E-state index contributed by atoms with van der Waals surface area (Å²) in [6.07, 6.45) is 0.764. The van der Waals surface area contributed by atoms with E-state index < -0.39 is 0 Å². The molecule has 0 saturated carbocycles. The van der Waals surface area contributed by atoms with Crippen LogP contribution in [0.2, 0.25) is 0 Å². The molecule has 1 aromatic rings. The Morgan fingerprint density at radius 3 is 2.50 bits per heavy atom. The highest BCUT2D eigenvalue weighted by Gasteiger charge is 2.20. The van der Waals surface area contributed by atoms with Crippen LogP contribution < -0.4 is 5.76 Å². The van der Waals surface area contributed by atoms with E-state index in [0.29, 0.717) is 6.04 Å². The van der Waals surface area contributed by atoms with Crippen molar-refractivity contribution in [2.45, 2.75) is 39.8 Å². The number of H-pyrrole nitrogens is 1. The van der Waals surface area contributed by atoms with Crippen molar-refractivity contribution in [1.82, 2.24) is 14.8 Å². The molecule has 0 spiro atoms. The van der Waals surface area contributed by atoms with Crippen LogP contribution in [0.4, 0.5) is 0 Å². The normalized spacial score (nSPS) is 18.7. The number of rotatable bonds is 4. The Balaban J connectivity index is 1.93. The van der Waals surface area contributed by atoms with Gasteiger partial charge in [-0.15, -0.1) is 0 Å². The lowest BCUT2D eigenvalue weighted by molar-refractivity contribution is 0.103. The number of nitrogens with zero attached hydrogens (tertiary/aromatic N) is 2. The molecule has 0 atom stereocenters. The Labute approximate surface area is 108 Å². The van der Waals surface area contributed by atoms with Gasteiger partial charge in [-0.2, -0.15) is 0 Å². The van der Waals surface area contributed by atoms with Gasteiger partial charge in [-0.25, -0.2) is 4.79 Å². The molecule has 0 aromatic carbocycles.